The molecule has 0 fully saturated rings. The normalized spacial score (nSPS) is 14.1. The predicted octanol–water partition coefficient (Wildman–Crippen LogP) is 2.50. The Morgan fingerprint density at radius 1 is 1.20 bits per heavy atom. The van der Waals surface area contributed by atoms with Crippen LogP contribution in [0.4, 0.5) is 0 Å². The molecule has 2 unspecified atom stereocenters. The first-order valence-corrected chi connectivity index (χ1v) is 5.17. The summed E-state index contributed by atoms with van der Waals surface area (Å²) in [5, 5.41) is 0. The van der Waals surface area contributed by atoms with Gasteiger partial charge in [-0.05, 0) is 33.6 Å². The summed E-state index contributed by atoms with van der Waals surface area (Å²) < 4.78 is 4.98. The minimum absolute atomic E-state index is 0.108. The average molecular weight is 212 g/mol. The fraction of sp³-hybridized carbons (Fsp3) is 0.667. The molecule has 0 aliphatic rings. The third-order valence-corrected chi connectivity index (χ3v) is 2.31. The van der Waals surface area contributed by atoms with E-state index >= 15 is 0 Å². The molecule has 0 saturated carbocycles. The molecule has 0 bridgehead atoms. The van der Waals surface area contributed by atoms with E-state index in [0.717, 1.165) is 5.57 Å². The molecule has 3 heteroatoms. The molecule has 0 amide bonds. The Bertz CT molecular complexity index is 242. The Morgan fingerprint density at radius 3 is 2.07 bits per heavy atom. The molecular formula is C12H20O3. The molecule has 0 aliphatic carbocycles. The van der Waals surface area contributed by atoms with Crippen molar-refractivity contribution >= 4 is 11.8 Å². The smallest absolute Gasteiger partial charge is 0.302 e. The van der Waals surface area contributed by atoms with Crippen LogP contribution >= 0.6 is 0 Å². The number of Topliss-reactive ketones (excluding diaryl/α,β-unsaturated/α-hetero) is 1. The summed E-state index contributed by atoms with van der Waals surface area (Å²) in [5.41, 5.74) is 0.873. The number of hydrogen-bond acceptors (Lipinski definition) is 3. The van der Waals surface area contributed by atoms with Crippen LogP contribution in [0.5, 0.6) is 0 Å². The van der Waals surface area contributed by atoms with Crippen LogP contribution in [0.15, 0.2) is 12.2 Å². The monoisotopic (exact) mass is 212 g/mol. The quantitative estimate of drug-likeness (QED) is 0.502. The summed E-state index contributed by atoms with van der Waals surface area (Å²) in [6.07, 6.45) is 1.25. The first-order valence-electron chi connectivity index (χ1n) is 5.17. The second-order valence-electron chi connectivity index (χ2n) is 4.01. The van der Waals surface area contributed by atoms with Gasteiger partial charge in [0.15, 0.2) is 0 Å². The van der Waals surface area contributed by atoms with Gasteiger partial charge in [-0.25, -0.2) is 0 Å². The highest BCUT2D eigenvalue weighted by Crippen LogP contribution is 2.18. The van der Waals surface area contributed by atoms with Gasteiger partial charge in [0, 0.05) is 12.8 Å². The molecule has 0 heterocycles. The lowest BCUT2D eigenvalue weighted by Gasteiger charge is -2.16. The van der Waals surface area contributed by atoms with Gasteiger partial charge in [0.1, 0.15) is 5.78 Å². The van der Waals surface area contributed by atoms with E-state index in [-0.39, 0.29) is 23.8 Å². The number of hydrogen-bond donors (Lipinski definition) is 0. The molecule has 0 radical (unpaired) electrons. The van der Waals surface area contributed by atoms with Gasteiger partial charge in [0.25, 0.3) is 0 Å². The number of ketones is 1. The van der Waals surface area contributed by atoms with Crippen molar-refractivity contribution in [2.75, 3.05) is 0 Å². The lowest BCUT2D eigenvalue weighted by atomic mass is 9.92. The van der Waals surface area contributed by atoms with Crippen molar-refractivity contribution in [2.24, 2.45) is 5.92 Å². The maximum atomic E-state index is 11.3. The molecule has 0 N–H and O–H groups in total. The number of carbonyl (C=O) groups is 2. The molecule has 0 saturated heterocycles. The molecule has 0 spiro atoms. The third-order valence-electron chi connectivity index (χ3n) is 2.31. The van der Waals surface area contributed by atoms with Crippen molar-refractivity contribution in [1.82, 2.24) is 0 Å². The molecule has 2 atom stereocenters. The largest absolute Gasteiger partial charge is 0.463 e. The highest BCUT2D eigenvalue weighted by atomic mass is 16.5. The van der Waals surface area contributed by atoms with Gasteiger partial charge in [0.05, 0.1) is 6.10 Å². The molecular weight excluding hydrogens is 192 g/mol. The first kappa shape index (κ1) is 13.9. The van der Waals surface area contributed by atoms with Crippen LogP contribution in [0.25, 0.3) is 0 Å². The van der Waals surface area contributed by atoms with E-state index < -0.39 is 0 Å². The fourth-order valence-corrected chi connectivity index (χ4v) is 1.54. The minimum atomic E-state index is -0.280. The second kappa shape index (κ2) is 6.38. The molecule has 0 aromatic carbocycles. The van der Waals surface area contributed by atoms with E-state index in [1.165, 1.54) is 6.92 Å². The SMILES string of the molecule is C=C(C)C(CCC(C)OC(C)=O)C(C)=O. The Balaban J connectivity index is 4.05. The summed E-state index contributed by atoms with van der Waals surface area (Å²) in [6.45, 7) is 10.4. The standard InChI is InChI=1S/C12H20O3/c1-8(2)12(10(4)13)7-6-9(3)15-11(5)14/h9,12H,1,6-7H2,2-5H3. The van der Waals surface area contributed by atoms with Gasteiger partial charge in [-0.3, -0.25) is 9.59 Å². The van der Waals surface area contributed by atoms with Crippen molar-refractivity contribution in [1.29, 1.82) is 0 Å². The Labute approximate surface area is 91.5 Å². The van der Waals surface area contributed by atoms with Crippen molar-refractivity contribution in [2.45, 2.75) is 46.6 Å². The zero-order valence-electron chi connectivity index (χ0n) is 10.0. The predicted molar refractivity (Wildman–Crippen MR) is 59.4 cm³/mol. The van der Waals surface area contributed by atoms with Crippen LogP contribution in [-0.4, -0.2) is 17.9 Å². The fourth-order valence-electron chi connectivity index (χ4n) is 1.54. The summed E-state index contributed by atoms with van der Waals surface area (Å²) in [5.74, 6) is -0.266. The second-order valence-corrected chi connectivity index (χ2v) is 4.01. The number of allylic oxidation sites excluding steroid dienone is 1. The van der Waals surface area contributed by atoms with Gasteiger partial charge in [-0.15, -0.1) is 0 Å². The van der Waals surface area contributed by atoms with Crippen molar-refractivity contribution in [3.8, 4) is 0 Å². The minimum Gasteiger partial charge on any atom is -0.463 e. The zero-order valence-corrected chi connectivity index (χ0v) is 10.0. The van der Waals surface area contributed by atoms with Crippen LogP contribution in [0.3, 0.4) is 0 Å². The van der Waals surface area contributed by atoms with Gasteiger partial charge in [-0.1, -0.05) is 12.2 Å². The molecule has 15 heavy (non-hydrogen) atoms. The molecule has 0 aliphatic heterocycles. The van der Waals surface area contributed by atoms with E-state index in [9.17, 15) is 9.59 Å². The van der Waals surface area contributed by atoms with Crippen molar-refractivity contribution in [3.05, 3.63) is 12.2 Å². The highest BCUT2D eigenvalue weighted by molar-refractivity contribution is 5.80. The van der Waals surface area contributed by atoms with Crippen molar-refractivity contribution in [3.63, 3.8) is 0 Å². The summed E-state index contributed by atoms with van der Waals surface area (Å²) in [7, 11) is 0. The Hall–Kier alpha value is -1.12. The summed E-state index contributed by atoms with van der Waals surface area (Å²) in [6, 6.07) is 0. The Morgan fingerprint density at radius 2 is 1.73 bits per heavy atom. The molecule has 0 rings (SSSR count). The maximum absolute atomic E-state index is 11.3. The first-order chi connectivity index (χ1) is 6.84. The van der Waals surface area contributed by atoms with Gasteiger partial charge in [0.2, 0.25) is 0 Å². The van der Waals surface area contributed by atoms with E-state index in [4.69, 9.17) is 4.74 Å². The number of rotatable bonds is 6. The number of esters is 1. The molecule has 86 valence electrons. The molecule has 0 aromatic rings. The maximum Gasteiger partial charge on any atom is 0.302 e. The van der Waals surface area contributed by atoms with Crippen LogP contribution in [0.2, 0.25) is 0 Å². The lowest BCUT2D eigenvalue weighted by Crippen LogP contribution is -2.17. The van der Waals surface area contributed by atoms with Gasteiger partial charge in [-0.2, -0.15) is 0 Å². The van der Waals surface area contributed by atoms with E-state index in [0.29, 0.717) is 12.8 Å². The molecule has 3 nitrogen and oxygen atoms in total. The van der Waals surface area contributed by atoms with Gasteiger partial charge >= 0.3 is 5.97 Å². The van der Waals surface area contributed by atoms with Crippen LogP contribution in [-0.2, 0) is 14.3 Å². The van der Waals surface area contributed by atoms with Gasteiger partial charge < -0.3 is 4.74 Å². The van der Waals surface area contributed by atoms with E-state index in [2.05, 4.69) is 6.58 Å². The highest BCUT2D eigenvalue weighted by Gasteiger charge is 2.16. The van der Waals surface area contributed by atoms with Crippen molar-refractivity contribution < 1.29 is 14.3 Å². The van der Waals surface area contributed by atoms with E-state index in [1.54, 1.807) is 6.92 Å². The zero-order chi connectivity index (χ0) is 12.0. The Kier molecular flexibility index (Phi) is 5.90. The molecule has 0 aromatic heterocycles. The third kappa shape index (κ3) is 6.05. The summed E-state index contributed by atoms with van der Waals surface area (Å²) >= 11 is 0. The number of carbonyl (C=O) groups excluding carboxylic acids is 2. The summed E-state index contributed by atoms with van der Waals surface area (Å²) in [4.78, 5) is 21.9. The topological polar surface area (TPSA) is 43.4 Å². The van der Waals surface area contributed by atoms with Crippen LogP contribution in [0, 0.1) is 5.92 Å². The van der Waals surface area contributed by atoms with Crippen LogP contribution in [0.1, 0.15) is 40.5 Å². The van der Waals surface area contributed by atoms with Crippen LogP contribution < -0.4 is 0 Å². The number of ether oxygens (including phenoxy) is 1. The lowest BCUT2D eigenvalue weighted by molar-refractivity contribution is -0.145. The van der Waals surface area contributed by atoms with E-state index in [1.807, 2.05) is 13.8 Å². The average Bonchev–Trinajstić information content (AvgIpc) is 2.00.